The van der Waals surface area contributed by atoms with Crippen LogP contribution in [0.1, 0.15) is 34.7 Å². The van der Waals surface area contributed by atoms with Crippen molar-refractivity contribution in [3.8, 4) is 0 Å². The van der Waals surface area contributed by atoms with Gasteiger partial charge in [-0.15, -0.1) is 0 Å². The number of amides is 1. The van der Waals surface area contributed by atoms with Crippen LogP contribution in [0.25, 0.3) is 5.65 Å². The first kappa shape index (κ1) is 17.5. The van der Waals surface area contributed by atoms with Gasteiger partial charge in [0.05, 0.1) is 11.4 Å². The summed E-state index contributed by atoms with van der Waals surface area (Å²) in [7, 11) is 0. The molecule has 0 spiro atoms. The topological polar surface area (TPSA) is 68.5 Å². The molecule has 4 heterocycles. The molecule has 1 N–H and O–H groups in total. The van der Waals surface area contributed by atoms with Gasteiger partial charge in [0.2, 0.25) is 0 Å². The lowest BCUT2D eigenvalue weighted by molar-refractivity contribution is 0.102. The number of rotatable bonds is 5. The molecule has 1 aliphatic rings. The van der Waals surface area contributed by atoms with Gasteiger partial charge in [-0.1, -0.05) is 6.07 Å². The minimum atomic E-state index is -2.72. The van der Waals surface area contributed by atoms with Gasteiger partial charge in [-0.2, -0.15) is 0 Å². The van der Waals surface area contributed by atoms with Crippen LogP contribution in [0.15, 0.2) is 42.7 Å². The third kappa shape index (κ3) is 3.95. The summed E-state index contributed by atoms with van der Waals surface area (Å²) in [5, 5.41) is 2.68. The van der Waals surface area contributed by atoms with Gasteiger partial charge < -0.3 is 14.5 Å². The van der Waals surface area contributed by atoms with Crippen LogP contribution < -0.4 is 5.32 Å². The van der Waals surface area contributed by atoms with Crippen LogP contribution in [0, 0.1) is 5.92 Å². The number of pyridine rings is 2. The molecule has 0 radical (unpaired) electrons. The molecule has 1 unspecified atom stereocenters. The molecule has 6 nitrogen and oxygen atoms in total. The van der Waals surface area contributed by atoms with E-state index in [1.807, 2.05) is 10.6 Å². The van der Waals surface area contributed by atoms with Crippen LogP contribution in [0.4, 0.5) is 14.5 Å². The van der Waals surface area contributed by atoms with Crippen molar-refractivity contribution in [3.05, 3.63) is 59.8 Å². The van der Waals surface area contributed by atoms with E-state index >= 15 is 0 Å². The number of imidazole rings is 1. The van der Waals surface area contributed by atoms with E-state index < -0.39 is 18.0 Å². The van der Waals surface area contributed by atoms with Crippen LogP contribution in [-0.4, -0.2) is 33.5 Å². The maximum absolute atomic E-state index is 12.7. The van der Waals surface area contributed by atoms with E-state index in [-0.39, 0.29) is 5.69 Å². The third-order valence-electron chi connectivity index (χ3n) is 4.51. The van der Waals surface area contributed by atoms with E-state index in [1.54, 1.807) is 18.3 Å². The molecule has 8 heteroatoms. The van der Waals surface area contributed by atoms with Gasteiger partial charge in [0.15, 0.2) is 0 Å². The fourth-order valence-electron chi connectivity index (χ4n) is 3.15. The molecule has 1 amide bonds. The highest BCUT2D eigenvalue weighted by Gasteiger charge is 2.18. The smallest absolute Gasteiger partial charge is 0.280 e. The van der Waals surface area contributed by atoms with E-state index in [4.69, 9.17) is 4.74 Å². The molecule has 1 aliphatic heterocycles. The van der Waals surface area contributed by atoms with Gasteiger partial charge in [-0.3, -0.25) is 4.79 Å². The zero-order chi connectivity index (χ0) is 18.8. The number of halogens is 2. The average molecular weight is 372 g/mol. The Bertz CT molecular complexity index is 967. The van der Waals surface area contributed by atoms with Crippen molar-refractivity contribution in [2.45, 2.75) is 19.3 Å². The summed E-state index contributed by atoms with van der Waals surface area (Å²) >= 11 is 0. The predicted octanol–water partition coefficient (Wildman–Crippen LogP) is 3.50. The molecule has 0 aromatic carbocycles. The Morgan fingerprint density at radius 2 is 2.15 bits per heavy atom. The first-order valence-electron chi connectivity index (χ1n) is 8.70. The van der Waals surface area contributed by atoms with Gasteiger partial charge in [0, 0.05) is 25.6 Å². The fourth-order valence-corrected chi connectivity index (χ4v) is 3.15. The number of alkyl halides is 2. The molecule has 0 aliphatic carbocycles. The number of hydrogen-bond acceptors (Lipinski definition) is 4. The van der Waals surface area contributed by atoms with Crippen LogP contribution >= 0.6 is 0 Å². The molecule has 140 valence electrons. The Hall–Kier alpha value is -2.87. The summed E-state index contributed by atoms with van der Waals surface area (Å²) in [6.07, 6.45) is 2.85. The normalized spacial score (nSPS) is 16.9. The van der Waals surface area contributed by atoms with Gasteiger partial charge in [-0.05, 0) is 43.0 Å². The quantitative estimate of drug-likeness (QED) is 0.744. The van der Waals surface area contributed by atoms with Crippen LogP contribution in [0.2, 0.25) is 0 Å². The Morgan fingerprint density at radius 3 is 2.93 bits per heavy atom. The summed E-state index contributed by atoms with van der Waals surface area (Å²) in [6.45, 7) is 1.56. The molecular weight excluding hydrogens is 354 g/mol. The van der Waals surface area contributed by atoms with Gasteiger partial charge in [-0.25, -0.2) is 18.7 Å². The number of ether oxygens (including phenoxy) is 1. The Labute approximate surface area is 154 Å². The van der Waals surface area contributed by atoms with E-state index in [1.165, 1.54) is 18.2 Å². The number of carbonyl (C=O) groups is 1. The molecule has 0 bridgehead atoms. The van der Waals surface area contributed by atoms with Gasteiger partial charge >= 0.3 is 0 Å². The second-order valence-electron chi connectivity index (χ2n) is 6.55. The molecule has 1 atom stereocenters. The highest BCUT2D eigenvalue weighted by Crippen LogP contribution is 2.20. The monoisotopic (exact) mass is 372 g/mol. The highest BCUT2D eigenvalue weighted by atomic mass is 19.3. The summed E-state index contributed by atoms with van der Waals surface area (Å²) in [5.41, 5.74) is 1.80. The number of hydrogen-bond donors (Lipinski definition) is 1. The molecule has 3 aromatic heterocycles. The lowest BCUT2D eigenvalue weighted by atomic mass is 10.0. The molecule has 27 heavy (non-hydrogen) atoms. The second kappa shape index (κ2) is 7.40. The highest BCUT2D eigenvalue weighted by molar-refractivity contribution is 6.02. The van der Waals surface area contributed by atoms with E-state index in [0.29, 0.717) is 11.6 Å². The molecule has 4 rings (SSSR count). The first-order valence-corrected chi connectivity index (χ1v) is 8.70. The minimum Gasteiger partial charge on any atom is -0.381 e. The summed E-state index contributed by atoms with van der Waals surface area (Å²) in [4.78, 5) is 20.6. The van der Waals surface area contributed by atoms with Gasteiger partial charge in [0.1, 0.15) is 17.0 Å². The number of carbonyl (C=O) groups excluding carboxylic acids is 1. The molecule has 1 saturated heterocycles. The molecule has 1 fully saturated rings. The summed E-state index contributed by atoms with van der Waals surface area (Å²) in [5.74, 6) is -0.0532. The van der Waals surface area contributed by atoms with Crippen molar-refractivity contribution in [3.63, 3.8) is 0 Å². The maximum Gasteiger partial charge on any atom is 0.280 e. The Morgan fingerprint density at radius 1 is 1.26 bits per heavy atom. The van der Waals surface area contributed by atoms with E-state index in [0.717, 1.165) is 37.4 Å². The van der Waals surface area contributed by atoms with E-state index in [9.17, 15) is 13.6 Å². The molecular formula is C19H18F2N4O2. The SMILES string of the molecule is O=C(Nc1ccc2nc(CC3CCOC3)cn2c1)c1cccc(C(F)F)n1. The number of nitrogens with one attached hydrogen (secondary N) is 1. The van der Waals surface area contributed by atoms with Crippen molar-refractivity contribution in [1.82, 2.24) is 14.4 Å². The van der Waals surface area contributed by atoms with E-state index in [2.05, 4.69) is 15.3 Å². The zero-order valence-electron chi connectivity index (χ0n) is 14.4. The summed E-state index contributed by atoms with van der Waals surface area (Å²) in [6, 6.07) is 7.50. The minimum absolute atomic E-state index is 0.0551. The zero-order valence-corrected chi connectivity index (χ0v) is 14.4. The second-order valence-corrected chi connectivity index (χ2v) is 6.55. The number of aromatic nitrogens is 3. The largest absolute Gasteiger partial charge is 0.381 e. The van der Waals surface area contributed by atoms with Crippen LogP contribution in [0.5, 0.6) is 0 Å². The maximum atomic E-state index is 12.7. The third-order valence-corrected chi connectivity index (χ3v) is 4.51. The van der Waals surface area contributed by atoms with Crippen molar-refractivity contribution in [2.75, 3.05) is 18.5 Å². The van der Waals surface area contributed by atoms with Crippen LogP contribution in [-0.2, 0) is 11.2 Å². The van der Waals surface area contributed by atoms with Gasteiger partial charge in [0.25, 0.3) is 12.3 Å². The lowest BCUT2D eigenvalue weighted by Crippen LogP contribution is -2.14. The first-order chi connectivity index (χ1) is 13.1. The lowest BCUT2D eigenvalue weighted by Gasteiger charge is -2.06. The van der Waals surface area contributed by atoms with Crippen LogP contribution in [0.3, 0.4) is 0 Å². The van der Waals surface area contributed by atoms with Crippen molar-refractivity contribution >= 4 is 17.2 Å². The summed E-state index contributed by atoms with van der Waals surface area (Å²) < 4.78 is 32.7. The molecule has 3 aromatic rings. The van der Waals surface area contributed by atoms with Crippen molar-refractivity contribution in [2.24, 2.45) is 5.92 Å². The van der Waals surface area contributed by atoms with Crippen molar-refractivity contribution in [1.29, 1.82) is 0 Å². The number of anilines is 1. The predicted molar refractivity (Wildman–Crippen MR) is 95.0 cm³/mol. The number of fused-ring (bicyclic) bond motifs is 1. The van der Waals surface area contributed by atoms with Crippen molar-refractivity contribution < 1.29 is 18.3 Å². The molecule has 0 saturated carbocycles. The Kier molecular flexibility index (Phi) is 4.81. The standard InChI is InChI=1S/C19H18F2N4O2/c20-18(21)15-2-1-3-16(24-15)19(26)23-13-4-5-17-22-14(10-25(17)9-13)8-12-6-7-27-11-12/h1-5,9-10,12,18H,6-8,11H2,(H,23,26). The Balaban J connectivity index is 1.50. The fraction of sp³-hybridized carbons (Fsp3) is 0.316. The number of nitrogens with zero attached hydrogens (tertiary/aromatic N) is 3. The average Bonchev–Trinajstić information content (AvgIpc) is 3.31.